The molecule has 1 rings (SSSR count). The molecule has 0 amide bonds. The maximum Gasteiger partial charge on any atom is 0.338 e. The molecular weight excluding hydrogens is 272 g/mol. The molecule has 0 spiro atoms. The molecule has 0 saturated carbocycles. The highest BCUT2D eigenvalue weighted by molar-refractivity contribution is 6.17. The number of ether oxygens (including phenoxy) is 4. The molecule has 0 aromatic heterocycles. The molecule has 0 fully saturated rings. The molecule has 0 saturated heterocycles. The van der Waals surface area contributed by atoms with Gasteiger partial charge < -0.3 is 18.9 Å². The predicted octanol–water partition coefficient (Wildman–Crippen LogP) is 2.12. The van der Waals surface area contributed by atoms with Crippen molar-refractivity contribution in [2.75, 3.05) is 39.9 Å². The van der Waals surface area contributed by atoms with Gasteiger partial charge >= 0.3 is 5.97 Å². The van der Waals surface area contributed by atoms with Crippen molar-refractivity contribution < 1.29 is 23.7 Å². The smallest absolute Gasteiger partial charge is 0.338 e. The van der Waals surface area contributed by atoms with Crippen molar-refractivity contribution in [3.8, 4) is 11.5 Å². The number of benzene rings is 1. The van der Waals surface area contributed by atoms with Gasteiger partial charge in [-0.15, -0.1) is 11.6 Å². The van der Waals surface area contributed by atoms with Gasteiger partial charge in [-0.25, -0.2) is 4.79 Å². The lowest BCUT2D eigenvalue weighted by molar-refractivity contribution is 0.0337. The van der Waals surface area contributed by atoms with Crippen LogP contribution < -0.4 is 9.47 Å². The minimum absolute atomic E-state index is 0.185. The van der Waals surface area contributed by atoms with Crippen molar-refractivity contribution in [1.29, 1.82) is 0 Å². The van der Waals surface area contributed by atoms with Crippen LogP contribution in [0.4, 0.5) is 0 Å². The molecule has 0 atom stereocenters. The number of carbonyl (C=O) groups is 1. The monoisotopic (exact) mass is 288 g/mol. The van der Waals surface area contributed by atoms with Gasteiger partial charge in [0.2, 0.25) is 0 Å². The zero-order chi connectivity index (χ0) is 14.1. The minimum atomic E-state index is -0.435. The standard InChI is InChI=1S/C13H17ClO5/c1-16-11-4-3-10(9-12(11)17-2)13(15)19-8-7-18-6-5-14/h3-4,9H,5-8H2,1-2H3. The Labute approximate surface area is 117 Å². The lowest BCUT2D eigenvalue weighted by Crippen LogP contribution is -2.11. The maximum atomic E-state index is 11.7. The number of methoxy groups -OCH3 is 2. The second-order valence-corrected chi connectivity index (χ2v) is 3.89. The fourth-order valence-electron chi connectivity index (χ4n) is 1.40. The Morgan fingerprint density at radius 1 is 1.11 bits per heavy atom. The summed E-state index contributed by atoms with van der Waals surface area (Å²) in [6.45, 7) is 0.950. The summed E-state index contributed by atoms with van der Waals surface area (Å²) in [5.74, 6) is 1.03. The summed E-state index contributed by atoms with van der Waals surface area (Å²) in [5.41, 5.74) is 0.398. The number of alkyl halides is 1. The van der Waals surface area contributed by atoms with Gasteiger partial charge in [0.15, 0.2) is 11.5 Å². The van der Waals surface area contributed by atoms with Crippen LogP contribution >= 0.6 is 11.6 Å². The van der Waals surface area contributed by atoms with Crippen LogP contribution in [0.25, 0.3) is 0 Å². The molecule has 0 bridgehead atoms. The highest BCUT2D eigenvalue weighted by Crippen LogP contribution is 2.27. The third-order valence-electron chi connectivity index (χ3n) is 2.30. The van der Waals surface area contributed by atoms with Crippen molar-refractivity contribution in [2.45, 2.75) is 0 Å². The number of carbonyl (C=O) groups excluding carboxylic acids is 1. The largest absolute Gasteiger partial charge is 0.493 e. The van der Waals surface area contributed by atoms with E-state index in [-0.39, 0.29) is 6.61 Å². The van der Waals surface area contributed by atoms with E-state index in [0.29, 0.717) is 36.2 Å². The molecule has 0 aliphatic carbocycles. The first kappa shape index (κ1) is 15.6. The molecule has 0 heterocycles. The molecule has 0 N–H and O–H groups in total. The lowest BCUT2D eigenvalue weighted by Gasteiger charge is -2.09. The number of hydrogen-bond donors (Lipinski definition) is 0. The van der Waals surface area contributed by atoms with Gasteiger partial charge in [-0.1, -0.05) is 0 Å². The van der Waals surface area contributed by atoms with Crippen molar-refractivity contribution in [2.24, 2.45) is 0 Å². The topological polar surface area (TPSA) is 54.0 Å². The Morgan fingerprint density at radius 3 is 2.47 bits per heavy atom. The van der Waals surface area contributed by atoms with Gasteiger partial charge in [0.25, 0.3) is 0 Å². The van der Waals surface area contributed by atoms with E-state index in [4.69, 9.17) is 30.5 Å². The van der Waals surface area contributed by atoms with Crippen molar-refractivity contribution in [3.05, 3.63) is 23.8 Å². The van der Waals surface area contributed by atoms with Crippen LogP contribution in [0.2, 0.25) is 0 Å². The van der Waals surface area contributed by atoms with Gasteiger partial charge in [0.05, 0.1) is 33.0 Å². The van der Waals surface area contributed by atoms with E-state index < -0.39 is 5.97 Å². The van der Waals surface area contributed by atoms with Crippen molar-refractivity contribution in [3.63, 3.8) is 0 Å². The first-order valence-corrected chi connectivity index (χ1v) is 6.29. The Balaban J connectivity index is 2.52. The van der Waals surface area contributed by atoms with Crippen LogP contribution in [0, 0.1) is 0 Å². The first-order chi connectivity index (χ1) is 9.22. The van der Waals surface area contributed by atoms with Crippen molar-refractivity contribution in [1.82, 2.24) is 0 Å². The summed E-state index contributed by atoms with van der Waals surface area (Å²) < 4.78 is 20.3. The lowest BCUT2D eigenvalue weighted by atomic mass is 10.2. The third-order valence-corrected chi connectivity index (χ3v) is 2.46. The van der Waals surface area contributed by atoms with E-state index >= 15 is 0 Å². The Morgan fingerprint density at radius 2 is 1.84 bits per heavy atom. The van der Waals surface area contributed by atoms with Gasteiger partial charge in [-0.05, 0) is 18.2 Å². The summed E-state index contributed by atoms with van der Waals surface area (Å²) in [5, 5.41) is 0. The number of esters is 1. The van der Waals surface area contributed by atoms with Gasteiger partial charge in [-0.2, -0.15) is 0 Å². The summed E-state index contributed by atoms with van der Waals surface area (Å²) in [6, 6.07) is 4.84. The van der Waals surface area contributed by atoms with Crippen LogP contribution in [0.15, 0.2) is 18.2 Å². The molecule has 1 aromatic rings. The molecule has 6 heteroatoms. The number of rotatable bonds is 8. The molecule has 0 aliphatic rings. The summed E-state index contributed by atoms with van der Waals surface area (Å²) in [6.07, 6.45) is 0. The Bertz CT molecular complexity index is 408. The third kappa shape index (κ3) is 4.96. The van der Waals surface area contributed by atoms with Crippen molar-refractivity contribution >= 4 is 17.6 Å². The highest BCUT2D eigenvalue weighted by atomic mass is 35.5. The molecule has 19 heavy (non-hydrogen) atoms. The molecule has 0 radical (unpaired) electrons. The van der Waals surface area contributed by atoms with E-state index in [9.17, 15) is 4.79 Å². The summed E-state index contributed by atoms with van der Waals surface area (Å²) in [4.78, 5) is 11.7. The van der Waals surface area contributed by atoms with Crippen LogP contribution in [0.1, 0.15) is 10.4 Å². The molecule has 0 aliphatic heterocycles. The van der Waals surface area contributed by atoms with Gasteiger partial charge in [-0.3, -0.25) is 0 Å². The molecule has 5 nitrogen and oxygen atoms in total. The zero-order valence-corrected chi connectivity index (χ0v) is 11.7. The zero-order valence-electron chi connectivity index (χ0n) is 11.0. The average molecular weight is 289 g/mol. The second kappa shape index (κ2) is 8.61. The fraction of sp³-hybridized carbons (Fsp3) is 0.462. The predicted molar refractivity (Wildman–Crippen MR) is 71.4 cm³/mol. The average Bonchev–Trinajstić information content (AvgIpc) is 2.46. The minimum Gasteiger partial charge on any atom is -0.493 e. The maximum absolute atomic E-state index is 11.7. The van der Waals surface area contributed by atoms with E-state index in [2.05, 4.69) is 0 Å². The van der Waals surface area contributed by atoms with E-state index in [1.165, 1.54) is 14.2 Å². The highest BCUT2D eigenvalue weighted by Gasteiger charge is 2.11. The molecule has 106 valence electrons. The van der Waals surface area contributed by atoms with E-state index in [1.807, 2.05) is 0 Å². The molecular formula is C13H17ClO5. The van der Waals surface area contributed by atoms with Crippen LogP contribution in [0.3, 0.4) is 0 Å². The Kier molecular flexibility index (Phi) is 7.07. The fourth-order valence-corrected chi connectivity index (χ4v) is 1.51. The van der Waals surface area contributed by atoms with Gasteiger partial charge in [0.1, 0.15) is 6.61 Å². The van der Waals surface area contributed by atoms with Crippen LogP contribution in [0.5, 0.6) is 11.5 Å². The second-order valence-electron chi connectivity index (χ2n) is 3.51. The quantitative estimate of drug-likeness (QED) is 0.417. The normalized spacial score (nSPS) is 10.1. The number of halogens is 1. The van der Waals surface area contributed by atoms with Crippen LogP contribution in [-0.4, -0.2) is 45.9 Å². The number of hydrogen-bond acceptors (Lipinski definition) is 5. The summed E-state index contributed by atoms with van der Waals surface area (Å²) >= 11 is 5.44. The molecule has 0 unspecified atom stereocenters. The Hall–Kier alpha value is -1.46. The van der Waals surface area contributed by atoms with E-state index in [0.717, 1.165) is 0 Å². The van der Waals surface area contributed by atoms with Crippen LogP contribution in [-0.2, 0) is 9.47 Å². The molecule has 1 aromatic carbocycles. The summed E-state index contributed by atoms with van der Waals surface area (Å²) in [7, 11) is 3.04. The van der Waals surface area contributed by atoms with Gasteiger partial charge in [0, 0.05) is 5.88 Å². The van der Waals surface area contributed by atoms with E-state index in [1.54, 1.807) is 18.2 Å². The SMILES string of the molecule is COc1ccc(C(=O)OCCOCCCl)cc1OC. The first-order valence-electron chi connectivity index (χ1n) is 5.75.